The maximum Gasteiger partial charge on any atom is 0.342 e. The predicted molar refractivity (Wildman–Crippen MR) is 170 cm³/mol. The summed E-state index contributed by atoms with van der Waals surface area (Å²) < 4.78 is 27.6. The first-order valence-corrected chi connectivity index (χ1v) is 15.2. The number of fused-ring (bicyclic) bond motifs is 1. The third-order valence-electron chi connectivity index (χ3n) is 7.92. The predicted octanol–water partition coefficient (Wildman–Crippen LogP) is 6.04. The number of amides is 1. The van der Waals surface area contributed by atoms with E-state index in [0.29, 0.717) is 67.1 Å². The molecule has 2 heterocycles. The molecule has 1 aromatic heterocycles. The lowest BCUT2D eigenvalue weighted by Crippen LogP contribution is -2.25. The van der Waals surface area contributed by atoms with Gasteiger partial charge in [-0.15, -0.1) is 0 Å². The molecule has 0 spiro atoms. The van der Waals surface area contributed by atoms with Crippen molar-refractivity contribution in [3.63, 3.8) is 0 Å². The number of ether oxygens (including phenoxy) is 4. The van der Waals surface area contributed by atoms with Gasteiger partial charge in [-0.3, -0.25) is 9.59 Å². The van der Waals surface area contributed by atoms with Gasteiger partial charge in [-0.25, -0.2) is 4.79 Å². The van der Waals surface area contributed by atoms with E-state index < -0.39 is 29.6 Å². The molecule has 4 rings (SSSR count). The molecule has 0 bridgehead atoms. The zero-order valence-corrected chi connectivity index (χ0v) is 26.6. The largest absolute Gasteiger partial charge is 0.507 e. The molecule has 0 saturated heterocycles. The number of furan rings is 1. The van der Waals surface area contributed by atoms with E-state index in [-0.39, 0.29) is 41.2 Å². The van der Waals surface area contributed by atoms with Crippen molar-refractivity contribution < 1.29 is 48.0 Å². The minimum atomic E-state index is -0.982. The Bertz CT molecular complexity index is 1530. The minimum Gasteiger partial charge on any atom is -0.507 e. The van der Waals surface area contributed by atoms with Crippen LogP contribution in [0.2, 0.25) is 0 Å². The number of esters is 1. The number of benzene rings is 2. The second kappa shape index (κ2) is 15.9. The summed E-state index contributed by atoms with van der Waals surface area (Å²) in [7, 11) is 4.36. The maximum absolute atomic E-state index is 13.6. The van der Waals surface area contributed by atoms with Crippen molar-refractivity contribution in [3.05, 3.63) is 70.7 Å². The number of allylic oxidation sites excluding steroid dienone is 1. The van der Waals surface area contributed by atoms with Crippen molar-refractivity contribution >= 4 is 23.7 Å². The number of rotatable bonds is 9. The van der Waals surface area contributed by atoms with Crippen LogP contribution < -0.4 is 19.5 Å². The van der Waals surface area contributed by atoms with Gasteiger partial charge in [0.25, 0.3) is 0 Å². The summed E-state index contributed by atoms with van der Waals surface area (Å²) in [5.74, 6) is -1.43. The van der Waals surface area contributed by atoms with E-state index >= 15 is 0 Å². The second-order valence-corrected chi connectivity index (χ2v) is 11.1. The summed E-state index contributed by atoms with van der Waals surface area (Å²) in [6, 6.07) is 8.05. The van der Waals surface area contributed by atoms with Crippen LogP contribution in [0.4, 0.5) is 0 Å². The van der Waals surface area contributed by atoms with Gasteiger partial charge in [0.05, 0.1) is 40.2 Å². The minimum absolute atomic E-state index is 0.0501. The third kappa shape index (κ3) is 8.21. The molecule has 0 saturated carbocycles. The number of cyclic esters (lactones) is 1. The number of methoxy groups -OCH3 is 3. The number of Topliss-reactive ketones (excluding diaryl/α,β-unsaturated/α-hetero) is 1. The molecule has 3 N–H and O–H groups in total. The lowest BCUT2D eigenvalue weighted by atomic mass is 9.84. The zero-order valence-electron chi connectivity index (χ0n) is 26.6. The van der Waals surface area contributed by atoms with E-state index in [1.165, 1.54) is 33.7 Å². The van der Waals surface area contributed by atoms with E-state index in [1.807, 2.05) is 0 Å². The molecular weight excluding hydrogens is 594 g/mol. The van der Waals surface area contributed by atoms with Gasteiger partial charge in [0, 0.05) is 30.7 Å². The molecule has 11 nitrogen and oxygen atoms in total. The summed E-state index contributed by atoms with van der Waals surface area (Å²) in [5.41, 5.74) is 0.490. The Morgan fingerprint density at radius 2 is 1.76 bits per heavy atom. The Labute approximate surface area is 268 Å². The molecule has 2 aromatic carbocycles. The number of hydrogen-bond acceptors (Lipinski definition) is 10. The smallest absolute Gasteiger partial charge is 0.342 e. The summed E-state index contributed by atoms with van der Waals surface area (Å²) in [6.45, 7) is 1.85. The van der Waals surface area contributed by atoms with Crippen molar-refractivity contribution in [3.8, 4) is 28.7 Å². The van der Waals surface area contributed by atoms with Crippen LogP contribution in [0.15, 0.2) is 47.1 Å². The molecule has 1 aliphatic rings. The monoisotopic (exact) mass is 635 g/mol. The molecule has 0 radical (unpaired) electrons. The van der Waals surface area contributed by atoms with Crippen LogP contribution in [0.25, 0.3) is 6.08 Å². The van der Waals surface area contributed by atoms with Gasteiger partial charge in [-0.1, -0.05) is 12.2 Å². The molecule has 2 atom stereocenters. The number of carbonyl (C=O) groups is 3. The fourth-order valence-electron chi connectivity index (χ4n) is 5.56. The molecule has 11 heteroatoms. The summed E-state index contributed by atoms with van der Waals surface area (Å²) in [5, 5.41) is 26.1. The quantitative estimate of drug-likeness (QED) is 0.237. The van der Waals surface area contributed by atoms with E-state index in [0.717, 1.165) is 0 Å². The highest BCUT2D eigenvalue weighted by molar-refractivity contribution is 5.98. The Kier molecular flexibility index (Phi) is 11.7. The second-order valence-electron chi connectivity index (χ2n) is 11.1. The van der Waals surface area contributed by atoms with E-state index in [2.05, 4.69) is 5.32 Å². The highest BCUT2D eigenvalue weighted by Gasteiger charge is 2.32. The number of phenols is 2. The molecule has 0 aliphatic carbocycles. The average molecular weight is 636 g/mol. The number of ketones is 1. The third-order valence-corrected chi connectivity index (χ3v) is 7.92. The van der Waals surface area contributed by atoms with Crippen molar-refractivity contribution in [2.45, 2.75) is 70.4 Å². The van der Waals surface area contributed by atoms with Gasteiger partial charge in [-0.05, 0) is 74.1 Å². The molecular formula is C35H41NO10. The molecule has 1 aliphatic heterocycles. The fraction of sp³-hybridized carbons (Fsp3) is 0.400. The maximum atomic E-state index is 13.6. The molecule has 0 fully saturated rings. The van der Waals surface area contributed by atoms with Crippen LogP contribution in [-0.2, 0) is 20.9 Å². The topological polar surface area (TPSA) is 154 Å². The first-order valence-electron chi connectivity index (χ1n) is 15.2. The van der Waals surface area contributed by atoms with Crippen molar-refractivity contribution in [1.82, 2.24) is 5.32 Å². The fourth-order valence-corrected chi connectivity index (χ4v) is 5.56. The number of aromatic hydroxyl groups is 2. The summed E-state index contributed by atoms with van der Waals surface area (Å²) >= 11 is 0. The van der Waals surface area contributed by atoms with E-state index in [9.17, 15) is 24.6 Å². The van der Waals surface area contributed by atoms with Gasteiger partial charge < -0.3 is 38.9 Å². The Morgan fingerprint density at radius 1 is 1.04 bits per heavy atom. The van der Waals surface area contributed by atoms with Crippen molar-refractivity contribution in [2.24, 2.45) is 0 Å². The molecule has 3 aromatic rings. The molecule has 2 unspecified atom stereocenters. The number of hydrogen-bond donors (Lipinski definition) is 3. The van der Waals surface area contributed by atoms with Gasteiger partial charge in [0.2, 0.25) is 11.7 Å². The Balaban J connectivity index is 1.85. The average Bonchev–Trinajstić information content (AvgIpc) is 3.55. The van der Waals surface area contributed by atoms with Crippen LogP contribution in [0.5, 0.6) is 28.7 Å². The van der Waals surface area contributed by atoms with E-state index in [1.54, 1.807) is 43.3 Å². The highest BCUT2D eigenvalue weighted by atomic mass is 16.5. The Morgan fingerprint density at radius 3 is 2.41 bits per heavy atom. The summed E-state index contributed by atoms with van der Waals surface area (Å²) in [4.78, 5) is 39.1. The van der Waals surface area contributed by atoms with Crippen LogP contribution in [0, 0.1) is 0 Å². The first-order chi connectivity index (χ1) is 22.2. The molecule has 46 heavy (non-hydrogen) atoms. The lowest BCUT2D eigenvalue weighted by Gasteiger charge is -2.24. The van der Waals surface area contributed by atoms with Crippen LogP contribution >= 0.6 is 0 Å². The van der Waals surface area contributed by atoms with Crippen molar-refractivity contribution in [2.75, 3.05) is 21.3 Å². The van der Waals surface area contributed by atoms with Crippen LogP contribution in [0.3, 0.4) is 0 Å². The number of carbonyl (C=O) groups excluding carboxylic acids is 3. The van der Waals surface area contributed by atoms with Gasteiger partial charge in [-0.2, -0.15) is 0 Å². The normalized spacial score (nSPS) is 16.5. The van der Waals surface area contributed by atoms with Gasteiger partial charge >= 0.3 is 5.97 Å². The Hall–Kier alpha value is -4.93. The van der Waals surface area contributed by atoms with Crippen LogP contribution in [-0.4, -0.2) is 55.3 Å². The number of nitrogens with one attached hydrogen (secondary N) is 1. The lowest BCUT2D eigenvalue weighted by molar-refractivity contribution is -0.121. The van der Waals surface area contributed by atoms with Crippen molar-refractivity contribution in [1.29, 1.82) is 0 Å². The number of phenolic OH excluding ortho intramolecular Hbond substituents is 2. The molecule has 246 valence electrons. The van der Waals surface area contributed by atoms with E-state index in [4.69, 9.17) is 23.4 Å². The zero-order chi connectivity index (χ0) is 33.2. The SMILES string of the molecule is COc1cc(C(CC(=O)NCc2ccco2)c2c(O)cc3c(c2O)C(=O)OC(C)CCCC(=O)CCCC=C3)cc(OC)c1OC. The van der Waals surface area contributed by atoms with Gasteiger partial charge in [0.15, 0.2) is 11.5 Å². The summed E-state index contributed by atoms with van der Waals surface area (Å²) in [6.07, 6.45) is 7.21. The van der Waals surface area contributed by atoms with Gasteiger partial charge in [0.1, 0.15) is 28.6 Å². The highest BCUT2D eigenvalue weighted by Crippen LogP contribution is 2.47. The van der Waals surface area contributed by atoms with Crippen LogP contribution in [0.1, 0.15) is 90.6 Å². The first kappa shape index (κ1) is 34.0. The standard InChI is InChI=1S/C35H41NO10/c1-21-10-8-13-24(37)12-7-5-6-11-22-16-27(38)32(33(40)31(22)35(41)46-21)26(19-30(39)36-20-25-14-9-15-45-25)23-17-28(42-2)34(44-4)29(18-23)43-3/h6,9,11,14-18,21,26,38,40H,5,7-8,10,12-13,19-20H2,1-4H3,(H,36,39). The molecule has 1 amide bonds.